The Morgan fingerprint density at radius 1 is 0.733 bits per heavy atom. The summed E-state index contributed by atoms with van der Waals surface area (Å²) in [5, 5.41) is 0. The zero-order chi connectivity index (χ0) is 21.7. The van der Waals surface area contributed by atoms with Gasteiger partial charge in [0.2, 0.25) is 0 Å². The van der Waals surface area contributed by atoms with E-state index in [9.17, 15) is 18.0 Å². The lowest BCUT2D eigenvalue weighted by atomic mass is 10.1. The van der Waals surface area contributed by atoms with Crippen molar-refractivity contribution in [1.29, 1.82) is 0 Å². The second kappa shape index (κ2) is 8.79. The first-order valence-corrected chi connectivity index (χ1v) is 10.3. The fourth-order valence-electron chi connectivity index (χ4n) is 2.83. The first-order valence-electron chi connectivity index (χ1n) is 8.84. The molecule has 0 amide bonds. The van der Waals surface area contributed by atoms with E-state index in [1.807, 2.05) is 30.3 Å². The van der Waals surface area contributed by atoms with Crippen LogP contribution < -0.4 is 4.72 Å². The number of carbonyl (C=O) groups is 2. The number of nitrogens with one attached hydrogen (secondary N) is 1. The van der Waals surface area contributed by atoms with Crippen molar-refractivity contribution in [3.8, 4) is 11.1 Å². The second-order valence-electron chi connectivity index (χ2n) is 6.28. The molecule has 0 spiro atoms. The Hall–Kier alpha value is -3.65. The van der Waals surface area contributed by atoms with Crippen LogP contribution >= 0.6 is 0 Å². The molecule has 1 N–H and O–H groups in total. The number of hydrogen-bond acceptors (Lipinski definition) is 6. The topological polar surface area (TPSA) is 98.8 Å². The molecule has 0 aliphatic rings. The van der Waals surface area contributed by atoms with E-state index in [-0.39, 0.29) is 21.7 Å². The van der Waals surface area contributed by atoms with Gasteiger partial charge in [-0.15, -0.1) is 0 Å². The molecule has 3 aromatic rings. The quantitative estimate of drug-likeness (QED) is 0.604. The van der Waals surface area contributed by atoms with Crippen molar-refractivity contribution in [2.45, 2.75) is 4.90 Å². The molecule has 154 valence electrons. The second-order valence-corrected chi connectivity index (χ2v) is 7.96. The summed E-state index contributed by atoms with van der Waals surface area (Å²) in [7, 11) is -1.59. The van der Waals surface area contributed by atoms with Crippen molar-refractivity contribution >= 4 is 27.6 Å². The maximum atomic E-state index is 12.8. The molecule has 3 rings (SSSR count). The summed E-state index contributed by atoms with van der Waals surface area (Å²) in [4.78, 5) is 23.8. The molecular formula is C22H19NO6S. The summed E-state index contributed by atoms with van der Waals surface area (Å²) in [6, 6.07) is 19.8. The van der Waals surface area contributed by atoms with Crippen LogP contribution in [0.25, 0.3) is 11.1 Å². The molecule has 0 aliphatic carbocycles. The van der Waals surface area contributed by atoms with E-state index in [1.165, 1.54) is 44.6 Å². The molecule has 0 atom stereocenters. The van der Waals surface area contributed by atoms with Gasteiger partial charge in [-0.3, -0.25) is 4.72 Å². The SMILES string of the molecule is COC(=O)c1cc(NS(=O)(=O)c2ccc(-c3ccccc3)cc2)cc(C(=O)OC)c1. The van der Waals surface area contributed by atoms with Crippen LogP contribution in [0, 0.1) is 0 Å². The van der Waals surface area contributed by atoms with Gasteiger partial charge in [0.15, 0.2) is 0 Å². The van der Waals surface area contributed by atoms with Gasteiger partial charge in [-0.05, 0) is 41.5 Å². The van der Waals surface area contributed by atoms with E-state index in [2.05, 4.69) is 14.2 Å². The van der Waals surface area contributed by atoms with Gasteiger partial charge in [0.25, 0.3) is 10.0 Å². The largest absolute Gasteiger partial charge is 0.465 e. The van der Waals surface area contributed by atoms with Crippen LogP contribution in [0.5, 0.6) is 0 Å². The van der Waals surface area contributed by atoms with E-state index in [1.54, 1.807) is 12.1 Å². The van der Waals surface area contributed by atoms with Crippen molar-refractivity contribution < 1.29 is 27.5 Å². The van der Waals surface area contributed by atoms with E-state index >= 15 is 0 Å². The van der Waals surface area contributed by atoms with Crippen LogP contribution in [0.4, 0.5) is 5.69 Å². The minimum Gasteiger partial charge on any atom is -0.465 e. The molecule has 3 aromatic carbocycles. The monoisotopic (exact) mass is 425 g/mol. The third-order valence-corrected chi connectivity index (χ3v) is 5.70. The Bertz CT molecular complexity index is 1140. The summed E-state index contributed by atoms with van der Waals surface area (Å²) in [6.45, 7) is 0. The number of ether oxygens (including phenoxy) is 2. The van der Waals surface area contributed by atoms with Gasteiger partial charge in [0.1, 0.15) is 0 Å². The standard InChI is InChI=1S/C22H19NO6S/c1-28-21(24)17-12-18(22(25)29-2)14-19(13-17)23-30(26,27)20-10-8-16(9-11-20)15-6-4-3-5-7-15/h3-14,23H,1-2H3. The number of esters is 2. The van der Waals surface area contributed by atoms with Crippen molar-refractivity contribution in [3.63, 3.8) is 0 Å². The number of anilines is 1. The molecule has 0 heterocycles. The summed E-state index contributed by atoms with van der Waals surface area (Å²) in [5.41, 5.74) is 1.89. The molecule has 30 heavy (non-hydrogen) atoms. The van der Waals surface area contributed by atoms with Gasteiger partial charge in [-0.1, -0.05) is 42.5 Å². The Balaban J connectivity index is 1.92. The number of carbonyl (C=O) groups excluding carboxylic acids is 2. The molecule has 0 unspecified atom stereocenters. The number of sulfonamides is 1. The van der Waals surface area contributed by atoms with Crippen molar-refractivity contribution in [1.82, 2.24) is 0 Å². The summed E-state index contributed by atoms with van der Waals surface area (Å²) in [5.74, 6) is -1.43. The van der Waals surface area contributed by atoms with Gasteiger partial charge >= 0.3 is 11.9 Å². The molecule has 8 heteroatoms. The third-order valence-electron chi connectivity index (χ3n) is 4.30. The molecule has 7 nitrogen and oxygen atoms in total. The molecule has 0 saturated heterocycles. The highest BCUT2D eigenvalue weighted by atomic mass is 32.2. The predicted molar refractivity (Wildman–Crippen MR) is 112 cm³/mol. The van der Waals surface area contributed by atoms with Crippen molar-refractivity contribution in [2.24, 2.45) is 0 Å². The normalized spacial score (nSPS) is 10.9. The average molecular weight is 425 g/mol. The Labute approximate surface area is 174 Å². The van der Waals surface area contributed by atoms with E-state index in [4.69, 9.17) is 0 Å². The van der Waals surface area contributed by atoms with Crippen LogP contribution in [0.2, 0.25) is 0 Å². The molecule has 0 aliphatic heterocycles. The minimum atomic E-state index is -3.96. The number of methoxy groups -OCH3 is 2. The Kier molecular flexibility index (Phi) is 6.17. The molecule has 0 fully saturated rings. The number of benzene rings is 3. The van der Waals surface area contributed by atoms with Gasteiger partial charge in [0.05, 0.1) is 35.9 Å². The fourth-order valence-corrected chi connectivity index (χ4v) is 3.87. The number of rotatable bonds is 6. The van der Waals surface area contributed by atoms with Gasteiger partial charge < -0.3 is 9.47 Å². The van der Waals surface area contributed by atoms with E-state index in [0.29, 0.717) is 0 Å². The fraction of sp³-hybridized carbons (Fsp3) is 0.0909. The van der Waals surface area contributed by atoms with Gasteiger partial charge in [0, 0.05) is 0 Å². The third kappa shape index (κ3) is 4.66. The highest BCUT2D eigenvalue weighted by Crippen LogP contribution is 2.24. The molecule has 0 radical (unpaired) electrons. The molecule has 0 saturated carbocycles. The maximum absolute atomic E-state index is 12.8. The van der Waals surface area contributed by atoms with E-state index in [0.717, 1.165) is 11.1 Å². The lowest BCUT2D eigenvalue weighted by Gasteiger charge is -2.11. The van der Waals surface area contributed by atoms with Crippen LogP contribution in [-0.2, 0) is 19.5 Å². The first kappa shape index (κ1) is 21.1. The Morgan fingerprint density at radius 2 is 1.23 bits per heavy atom. The summed E-state index contributed by atoms with van der Waals surface area (Å²) in [6.07, 6.45) is 0. The molecule has 0 aromatic heterocycles. The lowest BCUT2D eigenvalue weighted by Crippen LogP contribution is -2.15. The molecular weight excluding hydrogens is 406 g/mol. The molecule has 0 bridgehead atoms. The van der Waals surface area contributed by atoms with Gasteiger partial charge in [-0.2, -0.15) is 0 Å². The average Bonchev–Trinajstić information content (AvgIpc) is 2.78. The highest BCUT2D eigenvalue weighted by Gasteiger charge is 2.18. The predicted octanol–water partition coefficient (Wildman–Crippen LogP) is 3.73. The Morgan fingerprint density at radius 3 is 1.73 bits per heavy atom. The van der Waals surface area contributed by atoms with Crippen LogP contribution in [-0.4, -0.2) is 34.6 Å². The summed E-state index contributed by atoms with van der Waals surface area (Å²) >= 11 is 0. The van der Waals surface area contributed by atoms with Crippen LogP contribution in [0.15, 0.2) is 77.7 Å². The van der Waals surface area contributed by atoms with Crippen molar-refractivity contribution in [2.75, 3.05) is 18.9 Å². The highest BCUT2D eigenvalue weighted by molar-refractivity contribution is 7.92. The van der Waals surface area contributed by atoms with E-state index < -0.39 is 22.0 Å². The zero-order valence-electron chi connectivity index (χ0n) is 16.3. The maximum Gasteiger partial charge on any atom is 0.337 e. The van der Waals surface area contributed by atoms with Crippen molar-refractivity contribution in [3.05, 3.63) is 83.9 Å². The van der Waals surface area contributed by atoms with Crippen LogP contribution in [0.1, 0.15) is 20.7 Å². The first-order chi connectivity index (χ1) is 14.3. The van der Waals surface area contributed by atoms with Gasteiger partial charge in [-0.25, -0.2) is 18.0 Å². The number of hydrogen-bond donors (Lipinski definition) is 1. The smallest absolute Gasteiger partial charge is 0.337 e. The van der Waals surface area contributed by atoms with Crippen LogP contribution in [0.3, 0.4) is 0 Å². The lowest BCUT2D eigenvalue weighted by molar-refractivity contribution is 0.0599. The minimum absolute atomic E-state index is 0.0116. The zero-order valence-corrected chi connectivity index (χ0v) is 17.1. The summed E-state index contributed by atoms with van der Waals surface area (Å²) < 4.78 is 37.3.